The summed E-state index contributed by atoms with van der Waals surface area (Å²) in [6, 6.07) is 5.57. The van der Waals surface area contributed by atoms with Crippen LogP contribution in [0.1, 0.15) is 11.3 Å². The van der Waals surface area contributed by atoms with Crippen LogP contribution in [0.5, 0.6) is 0 Å². The van der Waals surface area contributed by atoms with Gasteiger partial charge in [0.15, 0.2) is 0 Å². The second-order valence-electron chi connectivity index (χ2n) is 5.69. The number of amides is 2. The minimum atomic E-state index is -0.134. The summed E-state index contributed by atoms with van der Waals surface area (Å²) in [5.74, 6) is 0.864. The van der Waals surface area contributed by atoms with Crippen molar-refractivity contribution in [3.8, 4) is 0 Å². The first kappa shape index (κ1) is 17.1. The van der Waals surface area contributed by atoms with E-state index in [2.05, 4.69) is 10.3 Å². The highest BCUT2D eigenvalue weighted by molar-refractivity contribution is 6.30. The normalized spacial score (nSPS) is 10.5. The van der Waals surface area contributed by atoms with E-state index in [1.807, 2.05) is 55.0 Å². The topological polar surface area (TPSA) is 53.4 Å². The maximum absolute atomic E-state index is 12.2. The number of aryl methyl sites for hydroxylation is 1. The molecule has 2 aromatic heterocycles. The fraction of sp³-hybridized carbons (Fsp3) is 0.375. The van der Waals surface area contributed by atoms with E-state index in [9.17, 15) is 4.79 Å². The van der Waals surface area contributed by atoms with Crippen LogP contribution in [0.25, 0.3) is 0 Å². The van der Waals surface area contributed by atoms with Crippen molar-refractivity contribution in [3.63, 3.8) is 0 Å². The zero-order valence-corrected chi connectivity index (χ0v) is 14.6. The lowest BCUT2D eigenvalue weighted by atomic mass is 10.2. The quantitative estimate of drug-likeness (QED) is 0.913. The molecule has 0 radical (unpaired) electrons. The van der Waals surface area contributed by atoms with E-state index in [0.29, 0.717) is 18.1 Å². The first-order valence-electron chi connectivity index (χ1n) is 7.29. The second kappa shape index (κ2) is 7.37. The molecule has 0 fully saturated rings. The summed E-state index contributed by atoms with van der Waals surface area (Å²) in [6.45, 7) is 0.953. The van der Waals surface area contributed by atoms with E-state index in [1.54, 1.807) is 18.1 Å². The summed E-state index contributed by atoms with van der Waals surface area (Å²) >= 11 is 5.96. The monoisotopic (exact) mass is 335 g/mol. The van der Waals surface area contributed by atoms with Gasteiger partial charge in [-0.25, -0.2) is 9.78 Å². The highest BCUT2D eigenvalue weighted by Crippen LogP contribution is 2.14. The number of carbonyl (C=O) groups excluding carboxylic acids is 1. The molecule has 0 bridgehead atoms. The summed E-state index contributed by atoms with van der Waals surface area (Å²) < 4.78 is 1.92. The molecule has 124 valence electrons. The fourth-order valence-corrected chi connectivity index (χ4v) is 2.44. The molecule has 2 heterocycles. The Bertz CT molecular complexity index is 683. The van der Waals surface area contributed by atoms with Gasteiger partial charge < -0.3 is 19.7 Å². The number of urea groups is 1. The molecule has 0 saturated carbocycles. The van der Waals surface area contributed by atoms with Crippen LogP contribution in [0.15, 0.2) is 30.6 Å². The van der Waals surface area contributed by atoms with E-state index in [-0.39, 0.29) is 6.03 Å². The molecule has 0 saturated heterocycles. The summed E-state index contributed by atoms with van der Waals surface area (Å²) in [7, 11) is 7.54. The van der Waals surface area contributed by atoms with E-state index in [0.717, 1.165) is 17.1 Å². The smallest absolute Gasteiger partial charge is 0.317 e. The molecule has 0 aromatic carbocycles. The maximum Gasteiger partial charge on any atom is 0.317 e. The number of pyridine rings is 1. The van der Waals surface area contributed by atoms with E-state index >= 15 is 0 Å². The predicted octanol–water partition coefficient (Wildman–Crippen LogP) is 2.48. The minimum Gasteiger partial charge on any atom is -0.363 e. The van der Waals surface area contributed by atoms with Gasteiger partial charge in [0, 0.05) is 52.8 Å². The second-order valence-corrected chi connectivity index (χ2v) is 6.13. The standard InChI is InChI=1S/C16H22ClN5O/c1-20(2)15-7-12(5-6-18-15)9-19-16(23)22(4)11-14-8-13(17)10-21(14)3/h5-8,10H,9,11H2,1-4H3,(H,19,23). The van der Waals surface area contributed by atoms with Crippen molar-refractivity contribution in [3.05, 3.63) is 46.9 Å². The van der Waals surface area contributed by atoms with E-state index < -0.39 is 0 Å². The molecule has 2 amide bonds. The van der Waals surface area contributed by atoms with Gasteiger partial charge in [0.25, 0.3) is 0 Å². The maximum atomic E-state index is 12.2. The number of hydrogen-bond acceptors (Lipinski definition) is 3. The average Bonchev–Trinajstić information content (AvgIpc) is 2.82. The Morgan fingerprint density at radius 1 is 1.35 bits per heavy atom. The Hall–Kier alpha value is -2.21. The van der Waals surface area contributed by atoms with Crippen molar-refractivity contribution in [1.29, 1.82) is 0 Å². The zero-order valence-electron chi connectivity index (χ0n) is 13.9. The lowest BCUT2D eigenvalue weighted by molar-refractivity contribution is 0.205. The third-order valence-corrected chi connectivity index (χ3v) is 3.74. The number of carbonyl (C=O) groups is 1. The molecule has 0 unspecified atom stereocenters. The van der Waals surface area contributed by atoms with Gasteiger partial charge >= 0.3 is 6.03 Å². The molecule has 2 aromatic rings. The van der Waals surface area contributed by atoms with Gasteiger partial charge in [-0.15, -0.1) is 0 Å². The molecule has 0 aliphatic rings. The van der Waals surface area contributed by atoms with Crippen LogP contribution in [-0.2, 0) is 20.1 Å². The number of anilines is 1. The number of hydrogen-bond donors (Lipinski definition) is 1. The number of nitrogens with one attached hydrogen (secondary N) is 1. The molecule has 1 N–H and O–H groups in total. The van der Waals surface area contributed by atoms with Crippen molar-refractivity contribution in [2.45, 2.75) is 13.1 Å². The van der Waals surface area contributed by atoms with Crippen molar-refractivity contribution in [2.24, 2.45) is 7.05 Å². The van der Waals surface area contributed by atoms with Crippen LogP contribution in [-0.4, -0.2) is 41.6 Å². The SMILES string of the molecule is CN(Cc1cc(Cl)cn1C)C(=O)NCc1ccnc(N(C)C)c1. The molecular formula is C16H22ClN5O. The average molecular weight is 336 g/mol. The van der Waals surface area contributed by atoms with Crippen molar-refractivity contribution >= 4 is 23.4 Å². The van der Waals surface area contributed by atoms with Gasteiger partial charge in [-0.2, -0.15) is 0 Å². The van der Waals surface area contributed by atoms with E-state index in [1.165, 1.54) is 0 Å². The lowest BCUT2D eigenvalue weighted by Gasteiger charge is -2.19. The molecule has 0 atom stereocenters. The van der Waals surface area contributed by atoms with Gasteiger partial charge in [0.05, 0.1) is 11.6 Å². The molecule has 6 nitrogen and oxygen atoms in total. The van der Waals surface area contributed by atoms with Crippen LogP contribution >= 0.6 is 11.6 Å². The Morgan fingerprint density at radius 2 is 2.09 bits per heavy atom. The molecule has 2 rings (SSSR count). The minimum absolute atomic E-state index is 0.134. The fourth-order valence-electron chi connectivity index (χ4n) is 2.17. The lowest BCUT2D eigenvalue weighted by Crippen LogP contribution is -2.36. The van der Waals surface area contributed by atoms with Crippen LogP contribution in [0.4, 0.5) is 10.6 Å². The third kappa shape index (κ3) is 4.63. The van der Waals surface area contributed by atoms with Gasteiger partial charge in [-0.1, -0.05) is 11.6 Å². The van der Waals surface area contributed by atoms with Crippen LogP contribution < -0.4 is 10.2 Å². The van der Waals surface area contributed by atoms with Gasteiger partial charge in [0.1, 0.15) is 5.82 Å². The number of halogens is 1. The third-order valence-electron chi connectivity index (χ3n) is 3.53. The first-order chi connectivity index (χ1) is 10.9. The van der Waals surface area contributed by atoms with Gasteiger partial charge in [-0.3, -0.25) is 0 Å². The Labute approximate surface area is 141 Å². The zero-order chi connectivity index (χ0) is 17.0. The van der Waals surface area contributed by atoms with Crippen molar-refractivity contribution < 1.29 is 4.79 Å². The molecule has 7 heteroatoms. The number of nitrogens with zero attached hydrogens (tertiary/aromatic N) is 4. The van der Waals surface area contributed by atoms with Crippen molar-refractivity contribution in [1.82, 2.24) is 19.8 Å². The summed E-state index contributed by atoms with van der Waals surface area (Å²) in [5, 5.41) is 3.58. The number of aromatic nitrogens is 2. The molecule has 0 spiro atoms. The van der Waals surface area contributed by atoms with Crippen molar-refractivity contribution in [2.75, 3.05) is 26.0 Å². The highest BCUT2D eigenvalue weighted by Gasteiger charge is 2.11. The van der Waals surface area contributed by atoms with Crippen LogP contribution in [0.3, 0.4) is 0 Å². The number of rotatable bonds is 5. The predicted molar refractivity (Wildman–Crippen MR) is 92.7 cm³/mol. The molecular weight excluding hydrogens is 314 g/mol. The highest BCUT2D eigenvalue weighted by atomic mass is 35.5. The Kier molecular flexibility index (Phi) is 5.50. The molecule has 23 heavy (non-hydrogen) atoms. The summed E-state index contributed by atoms with van der Waals surface area (Å²) in [6.07, 6.45) is 3.56. The van der Waals surface area contributed by atoms with Gasteiger partial charge in [0.2, 0.25) is 0 Å². The summed E-state index contributed by atoms with van der Waals surface area (Å²) in [4.78, 5) is 20.0. The first-order valence-corrected chi connectivity index (χ1v) is 7.66. The van der Waals surface area contributed by atoms with E-state index in [4.69, 9.17) is 11.6 Å². The largest absolute Gasteiger partial charge is 0.363 e. The van der Waals surface area contributed by atoms with Gasteiger partial charge in [-0.05, 0) is 23.8 Å². The van der Waals surface area contributed by atoms with Crippen LogP contribution in [0, 0.1) is 0 Å². The molecule has 0 aliphatic carbocycles. The van der Waals surface area contributed by atoms with Crippen LogP contribution in [0.2, 0.25) is 5.02 Å². The Balaban J connectivity index is 1.91. The Morgan fingerprint density at radius 3 is 2.70 bits per heavy atom. The molecule has 0 aliphatic heterocycles. The summed E-state index contributed by atoms with van der Waals surface area (Å²) in [5.41, 5.74) is 1.99.